The second-order valence-electron chi connectivity index (χ2n) is 4.87. The van der Waals surface area contributed by atoms with Crippen molar-refractivity contribution >= 4 is 18.2 Å². The predicted molar refractivity (Wildman–Crippen MR) is 78.7 cm³/mol. The number of carbonyl (C=O) groups excluding carboxylic acids is 1. The smallest absolute Gasteiger partial charge is 0.790 e. The van der Waals surface area contributed by atoms with Crippen molar-refractivity contribution in [3.8, 4) is 0 Å². The van der Waals surface area contributed by atoms with Gasteiger partial charge in [-0.25, -0.2) is 0 Å². The van der Waals surface area contributed by atoms with E-state index < -0.39 is 12.9 Å². The Labute approximate surface area is 155 Å². The first kappa shape index (κ1) is 21.5. The normalized spacial score (nSPS) is 12.5. The van der Waals surface area contributed by atoms with Gasteiger partial charge in [0.1, 0.15) is 7.37 Å². The summed E-state index contributed by atoms with van der Waals surface area (Å²) >= 11 is 0. The molecule has 2 aromatic rings. The van der Waals surface area contributed by atoms with E-state index >= 15 is 0 Å². The van der Waals surface area contributed by atoms with E-state index in [1.807, 2.05) is 13.8 Å². The Morgan fingerprint density at radius 1 is 0.909 bits per heavy atom. The summed E-state index contributed by atoms with van der Waals surface area (Å²) in [7, 11) is -4.31. The molecule has 0 aliphatic carbocycles. The van der Waals surface area contributed by atoms with Crippen LogP contribution < -0.4 is 47.9 Å². The molecule has 0 spiro atoms. The van der Waals surface area contributed by atoms with Crippen LogP contribution in [0.5, 0.6) is 0 Å². The zero-order valence-electron chi connectivity index (χ0n) is 13.7. The van der Waals surface area contributed by atoms with Crippen molar-refractivity contribution in [1.29, 1.82) is 0 Å². The zero-order valence-corrected chi connectivity index (χ0v) is 14.6. The van der Waals surface area contributed by atoms with Gasteiger partial charge in [-0.15, -0.1) is 0 Å². The van der Waals surface area contributed by atoms with E-state index in [0.29, 0.717) is 0 Å². The molecular weight excluding hydrogens is 285 g/mol. The molecule has 0 amide bonds. The van der Waals surface area contributed by atoms with E-state index in [1.54, 1.807) is 37.3 Å². The number of carbonyl (C=O) groups is 1. The molecule has 104 valence electrons. The molecule has 0 heterocycles. The van der Waals surface area contributed by atoms with E-state index in [0.717, 1.165) is 16.7 Å². The molecule has 0 N–H and O–H groups in total. The zero-order chi connectivity index (χ0) is 14.9. The summed E-state index contributed by atoms with van der Waals surface area (Å²) in [5.74, 6) is 0. The number of hydrogen-bond donors (Lipinski definition) is 0. The van der Waals surface area contributed by atoms with Crippen LogP contribution in [0.3, 0.4) is 0 Å². The van der Waals surface area contributed by atoms with Gasteiger partial charge in [0.05, 0.1) is 0 Å². The van der Waals surface area contributed by atoms with E-state index in [2.05, 4.69) is 0 Å². The third-order valence-electron chi connectivity index (χ3n) is 3.65. The Hall–Kier alpha value is -0.505. The molecular formula is C16H16Li2O3P+. The Balaban J connectivity index is 0.00000220. The maximum atomic E-state index is 12.4. The van der Waals surface area contributed by atoms with Crippen molar-refractivity contribution in [3.63, 3.8) is 0 Å². The van der Waals surface area contributed by atoms with E-state index in [9.17, 15) is 14.3 Å². The minimum atomic E-state index is -4.31. The first-order chi connectivity index (χ1) is 9.35. The summed E-state index contributed by atoms with van der Waals surface area (Å²) in [6.07, 6.45) is 0. The molecule has 6 heteroatoms. The van der Waals surface area contributed by atoms with Crippen LogP contribution in [0, 0.1) is 20.8 Å². The summed E-state index contributed by atoms with van der Waals surface area (Å²) < 4.78 is 12.4. The molecule has 1 unspecified atom stereocenters. The summed E-state index contributed by atoms with van der Waals surface area (Å²) in [6.45, 7) is 5.60. The van der Waals surface area contributed by atoms with Gasteiger partial charge in [0.25, 0.3) is 0 Å². The molecule has 0 aliphatic rings. The van der Waals surface area contributed by atoms with Crippen molar-refractivity contribution in [2.75, 3.05) is 0 Å². The molecule has 3 nitrogen and oxygen atoms in total. The molecule has 22 heavy (non-hydrogen) atoms. The average Bonchev–Trinajstić information content (AvgIpc) is 2.45. The quantitative estimate of drug-likeness (QED) is 0.441. The van der Waals surface area contributed by atoms with E-state index in [1.165, 1.54) is 12.1 Å². The van der Waals surface area contributed by atoms with Gasteiger partial charge >= 0.3 is 37.7 Å². The molecule has 0 aromatic heterocycles. The van der Waals surface area contributed by atoms with Gasteiger partial charge in [-0.05, 0) is 37.5 Å². The van der Waals surface area contributed by atoms with Gasteiger partial charge in [-0.3, -0.25) is 4.79 Å². The maximum absolute atomic E-state index is 12.4. The van der Waals surface area contributed by atoms with Gasteiger partial charge < -0.3 is 9.46 Å². The molecule has 0 saturated carbocycles. The Bertz CT molecular complexity index is 715. The molecule has 1 atom stereocenters. The molecule has 0 bridgehead atoms. The van der Waals surface area contributed by atoms with Crippen LogP contribution in [0.1, 0.15) is 27.0 Å². The summed E-state index contributed by atoms with van der Waals surface area (Å²) in [5.41, 5.74) is 2.16. The summed E-state index contributed by atoms with van der Waals surface area (Å²) in [6, 6.07) is 11.2. The number of hydrogen-bond acceptors (Lipinski definition) is 3. The number of rotatable bonds is 3. The summed E-state index contributed by atoms with van der Waals surface area (Å²) in [5, 5.41) is 0.0580. The maximum Gasteiger partial charge on any atom is 1.00 e. The predicted octanol–water partition coefficient (Wildman–Crippen LogP) is -3.28. The topological polar surface area (TPSA) is 57.2 Å². The third-order valence-corrected chi connectivity index (χ3v) is 5.41. The fourth-order valence-electron chi connectivity index (χ4n) is 2.09. The number of aryl methyl sites for hydroxylation is 1. The standard InChI is InChI=1S/C16H17O3P.2Li/c1-11-9-10-15(13(3)12(11)2)16(17)20(18,19)14-7-5-4-6-8-14;;/h4-10H,1-3H3,(H,18,19);;/q;2*+1/p-1. The van der Waals surface area contributed by atoms with Gasteiger partial charge in [-0.1, -0.05) is 42.5 Å². The van der Waals surface area contributed by atoms with E-state index in [4.69, 9.17) is 0 Å². The van der Waals surface area contributed by atoms with Crippen LogP contribution in [0.25, 0.3) is 0 Å². The fourth-order valence-corrected chi connectivity index (χ4v) is 3.45. The van der Waals surface area contributed by atoms with Crippen LogP contribution in [0.4, 0.5) is 0 Å². The van der Waals surface area contributed by atoms with Crippen LogP contribution in [-0.2, 0) is 4.57 Å². The van der Waals surface area contributed by atoms with Crippen molar-refractivity contribution in [2.45, 2.75) is 20.8 Å². The van der Waals surface area contributed by atoms with Crippen LogP contribution in [0.2, 0.25) is 0 Å². The van der Waals surface area contributed by atoms with Crippen molar-refractivity contribution in [3.05, 3.63) is 64.7 Å². The third kappa shape index (κ3) is 4.07. The largest absolute Gasteiger partial charge is 1.00 e. The molecule has 0 radical (unpaired) electrons. The minimum Gasteiger partial charge on any atom is -0.790 e. The first-order valence-electron chi connectivity index (χ1n) is 6.34. The number of benzene rings is 2. The van der Waals surface area contributed by atoms with Crippen molar-refractivity contribution in [2.24, 2.45) is 0 Å². The average molecular weight is 301 g/mol. The van der Waals surface area contributed by atoms with Crippen LogP contribution in [-0.4, -0.2) is 5.52 Å². The van der Waals surface area contributed by atoms with Gasteiger partial charge in [0.2, 0.25) is 5.52 Å². The molecule has 0 fully saturated rings. The first-order valence-corrected chi connectivity index (χ1v) is 7.96. The SMILES string of the molecule is Cc1ccc(C(=O)P(=O)([O-])c2ccccc2)c(C)c1C.[Li+].[Li+]. The van der Waals surface area contributed by atoms with Gasteiger partial charge in [0.15, 0.2) is 0 Å². The second kappa shape index (κ2) is 8.38. The summed E-state index contributed by atoms with van der Waals surface area (Å²) in [4.78, 5) is 24.7. The van der Waals surface area contributed by atoms with Crippen molar-refractivity contribution in [1.82, 2.24) is 0 Å². The van der Waals surface area contributed by atoms with Crippen molar-refractivity contribution < 1.29 is 52.0 Å². The molecule has 2 aromatic carbocycles. The molecule has 2 rings (SSSR count). The van der Waals surface area contributed by atoms with E-state index in [-0.39, 0.29) is 48.6 Å². The second-order valence-corrected chi connectivity index (χ2v) is 6.90. The van der Waals surface area contributed by atoms with Gasteiger partial charge in [-0.2, -0.15) is 0 Å². The monoisotopic (exact) mass is 301 g/mol. The fraction of sp³-hybridized carbons (Fsp3) is 0.188. The Morgan fingerprint density at radius 2 is 1.45 bits per heavy atom. The van der Waals surface area contributed by atoms with Crippen LogP contribution in [0.15, 0.2) is 42.5 Å². The Morgan fingerprint density at radius 3 is 2.00 bits per heavy atom. The minimum absolute atomic E-state index is 0. The van der Waals surface area contributed by atoms with Crippen LogP contribution >= 0.6 is 7.37 Å². The Kier molecular flexibility index (Phi) is 8.18. The van der Waals surface area contributed by atoms with Gasteiger partial charge in [0, 0.05) is 10.9 Å². The molecule has 0 aliphatic heterocycles. The molecule has 0 saturated heterocycles.